The number of amides is 1. The van der Waals surface area contributed by atoms with Gasteiger partial charge in [0.05, 0.1) is 6.20 Å². The van der Waals surface area contributed by atoms with Crippen LogP contribution >= 0.6 is 0 Å². The number of halogens is 1. The monoisotopic (exact) mass is 222 g/mol. The highest BCUT2D eigenvalue weighted by atomic mass is 19.1. The number of carbonyl (C=O) groups is 1. The zero-order chi connectivity index (χ0) is 11.5. The van der Waals surface area contributed by atoms with Crippen molar-refractivity contribution in [3.05, 3.63) is 30.0 Å². The molecule has 16 heavy (non-hydrogen) atoms. The number of nitrogens with zero attached hydrogens (tertiary/aromatic N) is 3. The first kappa shape index (κ1) is 10.0. The number of hydrogen-bond donors (Lipinski definition) is 3. The van der Waals surface area contributed by atoms with Crippen molar-refractivity contribution in [2.45, 2.75) is 0 Å². The van der Waals surface area contributed by atoms with E-state index in [0.29, 0.717) is 0 Å². The van der Waals surface area contributed by atoms with E-state index in [1.54, 1.807) is 0 Å². The molecule has 0 radical (unpaired) electrons. The summed E-state index contributed by atoms with van der Waals surface area (Å²) < 4.78 is 12.5. The van der Waals surface area contributed by atoms with Crippen LogP contribution in [0.25, 0.3) is 0 Å². The van der Waals surface area contributed by atoms with E-state index in [2.05, 4.69) is 25.5 Å². The molecule has 0 aromatic carbocycles. The number of nitrogen functional groups attached to an aromatic ring is 1. The predicted octanol–water partition coefficient (Wildman–Crippen LogP) is 0.173. The van der Waals surface area contributed by atoms with E-state index >= 15 is 0 Å². The second-order valence-electron chi connectivity index (χ2n) is 2.86. The number of H-pyrrole nitrogens is 1. The summed E-state index contributed by atoms with van der Waals surface area (Å²) in [5.41, 5.74) is 5.23. The minimum Gasteiger partial charge on any atom is -0.366 e. The quantitative estimate of drug-likeness (QED) is 0.671. The van der Waals surface area contributed by atoms with Crippen LogP contribution < -0.4 is 11.1 Å². The van der Waals surface area contributed by atoms with Gasteiger partial charge in [0.1, 0.15) is 11.6 Å². The lowest BCUT2D eigenvalue weighted by atomic mass is 10.4. The molecule has 2 rings (SSSR count). The van der Waals surface area contributed by atoms with Crippen LogP contribution in [-0.4, -0.2) is 26.1 Å². The number of nitrogens with one attached hydrogen (secondary N) is 2. The average Bonchev–Trinajstić information content (AvgIpc) is 2.68. The van der Waals surface area contributed by atoms with E-state index in [9.17, 15) is 9.18 Å². The number of hydrogen-bond acceptors (Lipinski definition) is 5. The molecule has 8 heteroatoms. The fourth-order valence-electron chi connectivity index (χ4n) is 1.00. The SMILES string of the molecule is Nc1n[nH]c(C(=O)Nc2ccc(F)cn2)n1. The van der Waals surface area contributed by atoms with Crippen molar-refractivity contribution in [3.63, 3.8) is 0 Å². The van der Waals surface area contributed by atoms with E-state index in [-0.39, 0.29) is 17.6 Å². The largest absolute Gasteiger partial charge is 0.366 e. The number of carbonyl (C=O) groups excluding carboxylic acids is 1. The Balaban J connectivity index is 2.10. The van der Waals surface area contributed by atoms with Gasteiger partial charge >= 0.3 is 0 Å². The Hall–Kier alpha value is -2.51. The molecule has 2 heterocycles. The molecule has 7 nitrogen and oxygen atoms in total. The Morgan fingerprint density at radius 3 is 2.88 bits per heavy atom. The number of pyridine rings is 1. The molecule has 0 fully saturated rings. The fraction of sp³-hybridized carbons (Fsp3) is 0. The van der Waals surface area contributed by atoms with Crippen molar-refractivity contribution in [2.24, 2.45) is 0 Å². The van der Waals surface area contributed by atoms with Crippen LogP contribution in [0.15, 0.2) is 18.3 Å². The molecule has 2 aromatic heterocycles. The van der Waals surface area contributed by atoms with Crippen molar-refractivity contribution >= 4 is 17.7 Å². The van der Waals surface area contributed by atoms with Gasteiger partial charge in [0.15, 0.2) is 0 Å². The van der Waals surface area contributed by atoms with Crippen molar-refractivity contribution in [1.82, 2.24) is 20.2 Å². The second-order valence-corrected chi connectivity index (χ2v) is 2.86. The van der Waals surface area contributed by atoms with E-state index in [1.807, 2.05) is 0 Å². The van der Waals surface area contributed by atoms with E-state index in [0.717, 1.165) is 6.20 Å². The number of nitrogens with two attached hydrogens (primary N) is 1. The summed E-state index contributed by atoms with van der Waals surface area (Å²) in [6, 6.07) is 2.50. The zero-order valence-electron chi connectivity index (χ0n) is 7.94. The third-order valence-electron chi connectivity index (χ3n) is 1.69. The maximum absolute atomic E-state index is 12.5. The molecular formula is C8H7FN6O. The summed E-state index contributed by atoms with van der Waals surface area (Å²) in [5.74, 6) is -0.896. The topological polar surface area (TPSA) is 110 Å². The van der Waals surface area contributed by atoms with E-state index in [1.165, 1.54) is 12.1 Å². The van der Waals surface area contributed by atoms with Gasteiger partial charge in [0.25, 0.3) is 5.91 Å². The van der Waals surface area contributed by atoms with Gasteiger partial charge in [-0.2, -0.15) is 4.98 Å². The summed E-state index contributed by atoms with van der Waals surface area (Å²) in [4.78, 5) is 18.8. The highest BCUT2D eigenvalue weighted by Crippen LogP contribution is 2.05. The van der Waals surface area contributed by atoms with Crippen LogP contribution in [0.3, 0.4) is 0 Å². The number of anilines is 2. The maximum atomic E-state index is 12.5. The standard InChI is InChI=1S/C8H7FN6O/c9-4-1-2-5(11-3-4)12-7(16)6-13-8(10)15-14-6/h1-3H,(H,11,12,16)(H3,10,13,14,15). The van der Waals surface area contributed by atoms with Crippen LogP contribution in [-0.2, 0) is 0 Å². The molecule has 2 aromatic rings. The molecular weight excluding hydrogens is 215 g/mol. The third kappa shape index (κ3) is 2.11. The summed E-state index contributed by atoms with van der Waals surface area (Å²) in [6.45, 7) is 0. The smallest absolute Gasteiger partial charge is 0.294 e. The van der Waals surface area contributed by atoms with Crippen LogP contribution in [0.1, 0.15) is 10.6 Å². The molecule has 0 unspecified atom stereocenters. The van der Waals surface area contributed by atoms with Gasteiger partial charge in [0.2, 0.25) is 11.8 Å². The van der Waals surface area contributed by atoms with Crippen molar-refractivity contribution in [3.8, 4) is 0 Å². The van der Waals surface area contributed by atoms with Crippen molar-refractivity contribution in [2.75, 3.05) is 11.1 Å². The van der Waals surface area contributed by atoms with Gasteiger partial charge in [-0.3, -0.25) is 9.89 Å². The van der Waals surface area contributed by atoms with Gasteiger partial charge < -0.3 is 11.1 Å². The fourth-order valence-corrected chi connectivity index (χ4v) is 1.00. The second kappa shape index (κ2) is 3.93. The van der Waals surface area contributed by atoms with Gasteiger partial charge in [-0.05, 0) is 12.1 Å². The van der Waals surface area contributed by atoms with Crippen molar-refractivity contribution < 1.29 is 9.18 Å². The predicted molar refractivity (Wildman–Crippen MR) is 52.9 cm³/mol. The molecule has 0 aliphatic carbocycles. The lowest BCUT2D eigenvalue weighted by molar-refractivity contribution is 0.101. The molecule has 4 N–H and O–H groups in total. The molecule has 1 amide bonds. The Morgan fingerprint density at radius 2 is 2.31 bits per heavy atom. The first-order chi connectivity index (χ1) is 7.65. The first-order valence-electron chi connectivity index (χ1n) is 4.26. The molecule has 0 aliphatic heterocycles. The minimum absolute atomic E-state index is 0.0304. The molecule has 0 saturated carbocycles. The van der Waals surface area contributed by atoms with Crippen LogP contribution in [0.2, 0.25) is 0 Å². The molecule has 0 bridgehead atoms. The summed E-state index contributed by atoms with van der Waals surface area (Å²) >= 11 is 0. The van der Waals surface area contributed by atoms with Gasteiger partial charge in [0, 0.05) is 0 Å². The normalized spacial score (nSPS) is 10.1. The van der Waals surface area contributed by atoms with Crippen LogP contribution in [0, 0.1) is 5.82 Å². The van der Waals surface area contributed by atoms with E-state index in [4.69, 9.17) is 5.73 Å². The third-order valence-corrected chi connectivity index (χ3v) is 1.69. The summed E-state index contributed by atoms with van der Waals surface area (Å²) in [5, 5.41) is 8.22. The zero-order valence-corrected chi connectivity index (χ0v) is 7.94. The van der Waals surface area contributed by atoms with E-state index < -0.39 is 11.7 Å². The molecule has 82 valence electrons. The number of aromatic amines is 1. The summed E-state index contributed by atoms with van der Waals surface area (Å²) in [6.07, 6.45) is 0.990. The molecule has 0 saturated heterocycles. The first-order valence-corrected chi connectivity index (χ1v) is 4.26. The highest BCUT2D eigenvalue weighted by Gasteiger charge is 2.11. The van der Waals surface area contributed by atoms with Gasteiger partial charge in [-0.1, -0.05) is 0 Å². The van der Waals surface area contributed by atoms with Crippen LogP contribution in [0.4, 0.5) is 16.2 Å². The Labute approximate surface area is 88.9 Å². The average molecular weight is 222 g/mol. The minimum atomic E-state index is -0.552. The van der Waals surface area contributed by atoms with Crippen LogP contribution in [0.5, 0.6) is 0 Å². The lowest BCUT2D eigenvalue weighted by Gasteiger charge is -2.00. The lowest BCUT2D eigenvalue weighted by Crippen LogP contribution is -2.14. The van der Waals surface area contributed by atoms with Gasteiger partial charge in [-0.15, -0.1) is 5.10 Å². The summed E-state index contributed by atoms with van der Waals surface area (Å²) in [7, 11) is 0. The Morgan fingerprint density at radius 1 is 1.50 bits per heavy atom. The Bertz CT molecular complexity index is 508. The molecule has 0 aliphatic rings. The van der Waals surface area contributed by atoms with Crippen molar-refractivity contribution in [1.29, 1.82) is 0 Å². The number of rotatable bonds is 2. The number of aromatic nitrogens is 4. The van der Waals surface area contributed by atoms with Gasteiger partial charge in [-0.25, -0.2) is 9.37 Å². The Kier molecular flexibility index (Phi) is 2.46. The molecule has 0 spiro atoms. The molecule has 0 atom stereocenters. The highest BCUT2D eigenvalue weighted by molar-refractivity contribution is 6.00. The maximum Gasteiger partial charge on any atom is 0.294 e.